The van der Waals surface area contributed by atoms with Crippen LogP contribution in [0.3, 0.4) is 0 Å². The Balaban J connectivity index is 1.42. The number of ketones is 2. The minimum absolute atomic E-state index is 0.0140. The molecule has 3 heterocycles. The lowest BCUT2D eigenvalue weighted by Gasteiger charge is -2.32. The van der Waals surface area contributed by atoms with Crippen molar-refractivity contribution in [3.05, 3.63) is 24.4 Å². The molecule has 1 saturated carbocycles. The zero-order chi connectivity index (χ0) is 43.1. The SMILES string of the molecule is N[C@@H](CS)C(=O)C(=O)NCCCCC(NC(=O)C1CCCN1C(=O)C1CCCN1C(=O)CCSSc1ccccn1)C(=O)C1CCCC1C(=O)NC(CC(=O)O)C(=O)O. The van der Waals surface area contributed by atoms with Gasteiger partial charge >= 0.3 is 11.9 Å². The fourth-order valence-corrected chi connectivity index (χ4v) is 9.70. The molecule has 3 aliphatic rings. The number of hydrogen-bond donors (Lipinski definition) is 7. The predicted molar refractivity (Wildman–Crippen MR) is 220 cm³/mol. The van der Waals surface area contributed by atoms with E-state index in [9.17, 15) is 48.3 Å². The van der Waals surface area contributed by atoms with Gasteiger partial charge in [0.25, 0.3) is 5.91 Å². The lowest BCUT2D eigenvalue weighted by atomic mass is 9.85. The summed E-state index contributed by atoms with van der Waals surface area (Å²) in [6.07, 6.45) is 4.61. The van der Waals surface area contributed by atoms with Crippen LogP contribution in [0.5, 0.6) is 0 Å². The average Bonchev–Trinajstić information content (AvgIpc) is 4.02. The number of aromatic nitrogens is 1. The molecule has 2 saturated heterocycles. The van der Waals surface area contributed by atoms with Crippen LogP contribution < -0.4 is 21.7 Å². The molecule has 3 fully saturated rings. The minimum Gasteiger partial charge on any atom is -0.481 e. The van der Waals surface area contributed by atoms with Crippen molar-refractivity contribution in [3.8, 4) is 0 Å². The molecule has 1 aromatic rings. The van der Waals surface area contributed by atoms with Crippen molar-refractivity contribution >= 4 is 87.3 Å². The smallest absolute Gasteiger partial charge is 0.326 e. The number of nitrogens with one attached hydrogen (secondary N) is 3. The van der Waals surface area contributed by atoms with Gasteiger partial charge in [-0.3, -0.25) is 38.4 Å². The van der Waals surface area contributed by atoms with E-state index in [1.807, 2.05) is 18.2 Å². The Kier molecular flexibility index (Phi) is 18.9. The van der Waals surface area contributed by atoms with Crippen LogP contribution in [-0.2, 0) is 43.2 Å². The molecule has 7 atom stereocenters. The Morgan fingerprint density at radius 1 is 0.864 bits per heavy atom. The molecule has 4 rings (SSSR count). The number of unbranched alkanes of at least 4 members (excludes halogenated alkanes) is 1. The first-order valence-electron chi connectivity index (χ1n) is 19.8. The van der Waals surface area contributed by atoms with Gasteiger partial charge in [0.1, 0.15) is 23.2 Å². The molecule has 5 amide bonds. The molecule has 6 unspecified atom stereocenters. The molecule has 2 aliphatic heterocycles. The number of rotatable bonds is 23. The number of likely N-dealkylation sites (tertiary alicyclic amines) is 2. The molecule has 1 aromatic heterocycles. The van der Waals surface area contributed by atoms with E-state index in [2.05, 4.69) is 33.6 Å². The Bertz CT molecular complexity index is 1710. The third kappa shape index (κ3) is 13.7. The topological polar surface area (TPSA) is 276 Å². The molecule has 1 aliphatic carbocycles. The van der Waals surface area contributed by atoms with Crippen LogP contribution in [0.4, 0.5) is 0 Å². The number of nitrogens with two attached hydrogens (primary N) is 1. The monoisotopic (exact) mass is 879 g/mol. The maximum Gasteiger partial charge on any atom is 0.326 e. The summed E-state index contributed by atoms with van der Waals surface area (Å²) < 4.78 is 0. The van der Waals surface area contributed by atoms with Gasteiger partial charge in [-0.25, -0.2) is 9.78 Å². The van der Waals surface area contributed by atoms with Crippen molar-refractivity contribution in [1.82, 2.24) is 30.7 Å². The lowest BCUT2D eigenvalue weighted by molar-refractivity contribution is -0.148. The van der Waals surface area contributed by atoms with Gasteiger partial charge in [0.15, 0.2) is 5.78 Å². The van der Waals surface area contributed by atoms with Crippen LogP contribution in [0.1, 0.15) is 77.0 Å². The van der Waals surface area contributed by atoms with E-state index >= 15 is 0 Å². The summed E-state index contributed by atoms with van der Waals surface area (Å²) in [5, 5.41) is 27.0. The normalized spacial score (nSPS) is 21.6. The third-order valence-electron chi connectivity index (χ3n) is 10.7. The highest BCUT2D eigenvalue weighted by Crippen LogP contribution is 2.35. The number of nitrogens with zero attached hydrogens (tertiary/aromatic N) is 3. The van der Waals surface area contributed by atoms with E-state index in [4.69, 9.17) is 10.8 Å². The van der Waals surface area contributed by atoms with Gasteiger partial charge < -0.3 is 41.7 Å². The maximum atomic E-state index is 14.2. The Morgan fingerprint density at radius 3 is 2.24 bits per heavy atom. The lowest BCUT2D eigenvalue weighted by Crippen LogP contribution is -2.55. The van der Waals surface area contributed by atoms with Crippen molar-refractivity contribution in [2.24, 2.45) is 17.6 Å². The Hall–Kier alpha value is -4.21. The summed E-state index contributed by atoms with van der Waals surface area (Å²) in [4.78, 5) is 123. The van der Waals surface area contributed by atoms with Gasteiger partial charge in [-0.05, 0) is 80.7 Å². The summed E-state index contributed by atoms with van der Waals surface area (Å²) in [7, 11) is 2.96. The van der Waals surface area contributed by atoms with Gasteiger partial charge in [0, 0.05) is 55.6 Å². The standard InChI is InChI=1S/C38H53N7O11S3/c39-24(21-57)33(50)36(53)41-16-3-1-10-25(32(49)22-8-5-9-23(22)34(51)43-26(38(55)56)20-31(47)48)42-35(52)27-11-6-18-45(27)37(54)28-12-7-17-44(28)30(46)14-19-58-59-29-13-2-4-15-40-29/h2,4,13,15,22-28,57H,1,3,5-12,14,16-21,39H2,(H,41,53)(H,42,52)(H,43,51)(H,47,48)(H,55,56)/t22?,23?,24-,25?,26?,27?,28?/m0/s1. The number of carbonyl (C=O) groups excluding carboxylic acids is 7. The van der Waals surface area contributed by atoms with E-state index in [0.717, 1.165) is 5.03 Å². The molecule has 0 aromatic carbocycles. The number of amides is 5. The fraction of sp³-hybridized carbons (Fsp3) is 0.632. The van der Waals surface area contributed by atoms with Crippen molar-refractivity contribution < 1.29 is 53.4 Å². The summed E-state index contributed by atoms with van der Waals surface area (Å²) in [5.74, 6) is -8.36. The van der Waals surface area contributed by atoms with E-state index in [0.29, 0.717) is 50.8 Å². The molecule has 0 spiro atoms. The number of carboxylic acids is 2. The number of carbonyl (C=O) groups is 9. The highest BCUT2D eigenvalue weighted by Gasteiger charge is 2.45. The first kappa shape index (κ1) is 47.5. The maximum absolute atomic E-state index is 14.2. The summed E-state index contributed by atoms with van der Waals surface area (Å²) in [5.41, 5.74) is 5.60. The molecule has 324 valence electrons. The number of carboxylic acid groups (broad SMARTS) is 2. The molecular weight excluding hydrogens is 827 g/mol. The second-order valence-electron chi connectivity index (χ2n) is 14.8. The summed E-state index contributed by atoms with van der Waals surface area (Å²) in [6.45, 7) is 0.771. The first-order valence-corrected chi connectivity index (χ1v) is 22.8. The fourth-order valence-electron chi connectivity index (χ4n) is 7.68. The van der Waals surface area contributed by atoms with Crippen molar-refractivity contribution in [2.45, 2.75) is 112 Å². The molecular formula is C38H53N7O11S3. The molecule has 7 N–H and O–H groups in total. The largest absolute Gasteiger partial charge is 0.481 e. The van der Waals surface area contributed by atoms with Crippen LogP contribution >= 0.6 is 34.2 Å². The zero-order valence-corrected chi connectivity index (χ0v) is 35.2. The molecule has 0 radical (unpaired) electrons. The second kappa shape index (κ2) is 23.5. The molecule has 59 heavy (non-hydrogen) atoms. The first-order chi connectivity index (χ1) is 28.2. The number of aliphatic carboxylic acids is 2. The third-order valence-corrected chi connectivity index (χ3v) is 13.4. The van der Waals surface area contributed by atoms with Crippen molar-refractivity contribution in [1.29, 1.82) is 0 Å². The van der Waals surface area contributed by atoms with Gasteiger partial charge in [0.05, 0.1) is 18.5 Å². The zero-order valence-electron chi connectivity index (χ0n) is 32.6. The van der Waals surface area contributed by atoms with E-state index in [-0.39, 0.29) is 62.8 Å². The van der Waals surface area contributed by atoms with Crippen LogP contribution in [0.25, 0.3) is 0 Å². The second-order valence-corrected chi connectivity index (χ2v) is 17.6. The van der Waals surface area contributed by atoms with Crippen molar-refractivity contribution in [2.75, 3.05) is 31.1 Å². The van der Waals surface area contributed by atoms with Crippen LogP contribution in [0.15, 0.2) is 29.4 Å². The predicted octanol–water partition coefficient (Wildman–Crippen LogP) is 0.821. The van der Waals surface area contributed by atoms with E-state index in [1.165, 1.54) is 26.5 Å². The Morgan fingerprint density at radius 2 is 1.56 bits per heavy atom. The number of hydrogen-bond acceptors (Lipinski definition) is 14. The van der Waals surface area contributed by atoms with E-state index < -0.39 is 89.7 Å². The highest BCUT2D eigenvalue weighted by molar-refractivity contribution is 8.76. The number of Topliss-reactive ketones (excluding diaryl/α,β-unsaturated/α-hetero) is 2. The van der Waals surface area contributed by atoms with Crippen LogP contribution in [0, 0.1) is 11.8 Å². The number of thiol groups is 1. The summed E-state index contributed by atoms with van der Waals surface area (Å²) >= 11 is 3.94. The highest BCUT2D eigenvalue weighted by atomic mass is 33.1. The average molecular weight is 880 g/mol. The molecule has 21 heteroatoms. The van der Waals surface area contributed by atoms with Gasteiger partial charge in [-0.15, -0.1) is 0 Å². The van der Waals surface area contributed by atoms with Gasteiger partial charge in [-0.2, -0.15) is 12.6 Å². The van der Waals surface area contributed by atoms with Crippen LogP contribution in [0.2, 0.25) is 0 Å². The quantitative estimate of drug-likeness (QED) is 0.0347. The minimum atomic E-state index is -1.71. The molecule has 18 nitrogen and oxygen atoms in total. The summed E-state index contributed by atoms with van der Waals surface area (Å²) in [6, 6.07) is 0.0351. The Labute approximate surface area is 355 Å². The van der Waals surface area contributed by atoms with Crippen LogP contribution in [-0.4, -0.2) is 139 Å². The number of pyridine rings is 1. The van der Waals surface area contributed by atoms with E-state index in [1.54, 1.807) is 11.1 Å². The van der Waals surface area contributed by atoms with Gasteiger partial charge in [0.2, 0.25) is 29.4 Å². The molecule has 0 bridgehead atoms. The van der Waals surface area contributed by atoms with Crippen molar-refractivity contribution in [3.63, 3.8) is 0 Å². The van der Waals surface area contributed by atoms with Gasteiger partial charge in [-0.1, -0.05) is 23.3 Å².